The number of nitrogens with one attached hydrogen (secondary N) is 2. The van der Waals surface area contributed by atoms with E-state index in [1.54, 1.807) is 0 Å². The molecule has 1 saturated carbocycles. The molecule has 1 aliphatic rings. The van der Waals surface area contributed by atoms with Crippen molar-refractivity contribution in [3.63, 3.8) is 0 Å². The molecular weight excluding hydrogens is 260 g/mol. The Morgan fingerprint density at radius 2 is 2.05 bits per heavy atom. The van der Waals surface area contributed by atoms with Crippen LogP contribution in [0, 0.1) is 5.92 Å². The van der Waals surface area contributed by atoms with Crippen molar-refractivity contribution in [3.05, 3.63) is 36.0 Å². The summed E-state index contributed by atoms with van der Waals surface area (Å²) in [5.41, 5.74) is 2.19. The highest BCUT2D eigenvalue weighted by molar-refractivity contribution is 5.88. The number of aromatic amines is 1. The van der Waals surface area contributed by atoms with Gasteiger partial charge in [-0.3, -0.25) is 4.79 Å². The summed E-state index contributed by atoms with van der Waals surface area (Å²) in [6.07, 6.45) is 8.63. The van der Waals surface area contributed by atoms with Crippen LogP contribution in [0.5, 0.6) is 0 Å². The van der Waals surface area contributed by atoms with E-state index >= 15 is 0 Å². The maximum absolute atomic E-state index is 12.4. The second-order valence-corrected chi connectivity index (χ2v) is 6.33. The second kappa shape index (κ2) is 6.33. The molecular formula is C18H24N2O. The monoisotopic (exact) mass is 284 g/mol. The van der Waals surface area contributed by atoms with Gasteiger partial charge >= 0.3 is 0 Å². The summed E-state index contributed by atoms with van der Waals surface area (Å²) in [6.45, 7) is 2.27. The van der Waals surface area contributed by atoms with Gasteiger partial charge in [-0.05, 0) is 30.4 Å². The summed E-state index contributed by atoms with van der Waals surface area (Å²) < 4.78 is 0. The minimum absolute atomic E-state index is 0.151. The van der Waals surface area contributed by atoms with E-state index in [2.05, 4.69) is 23.3 Å². The van der Waals surface area contributed by atoms with Gasteiger partial charge in [0.1, 0.15) is 0 Å². The SMILES string of the molecule is CC1CCCCCC1NC(=O)Cc1c[nH]c2ccccc12. The predicted octanol–water partition coefficient (Wildman–Crippen LogP) is 3.80. The van der Waals surface area contributed by atoms with Crippen LogP contribution in [0.2, 0.25) is 0 Å². The number of rotatable bonds is 3. The fourth-order valence-corrected chi connectivity index (χ4v) is 3.42. The van der Waals surface area contributed by atoms with Gasteiger partial charge < -0.3 is 10.3 Å². The summed E-state index contributed by atoms with van der Waals surface area (Å²) in [5, 5.41) is 4.41. The molecule has 0 bridgehead atoms. The first-order chi connectivity index (χ1) is 10.2. The third-order valence-corrected chi connectivity index (χ3v) is 4.73. The highest BCUT2D eigenvalue weighted by atomic mass is 16.1. The third kappa shape index (κ3) is 3.29. The molecule has 1 aliphatic carbocycles. The Hall–Kier alpha value is -1.77. The number of fused-ring (bicyclic) bond motifs is 1. The number of amides is 1. The number of hydrogen-bond acceptors (Lipinski definition) is 1. The van der Waals surface area contributed by atoms with E-state index in [-0.39, 0.29) is 5.91 Å². The van der Waals surface area contributed by atoms with Crippen molar-refractivity contribution in [2.24, 2.45) is 5.92 Å². The molecule has 2 N–H and O–H groups in total. The summed E-state index contributed by atoms with van der Waals surface area (Å²) in [5.74, 6) is 0.748. The lowest BCUT2D eigenvalue weighted by atomic mass is 9.96. The number of carbonyl (C=O) groups excluding carboxylic acids is 1. The van der Waals surface area contributed by atoms with Crippen LogP contribution in [-0.4, -0.2) is 16.9 Å². The van der Waals surface area contributed by atoms with E-state index in [4.69, 9.17) is 0 Å². The molecule has 1 aromatic heterocycles. The first-order valence-corrected chi connectivity index (χ1v) is 8.08. The van der Waals surface area contributed by atoms with Crippen molar-refractivity contribution < 1.29 is 4.79 Å². The molecule has 3 rings (SSSR count). The molecule has 1 aromatic carbocycles. The fourth-order valence-electron chi connectivity index (χ4n) is 3.42. The van der Waals surface area contributed by atoms with E-state index in [0.29, 0.717) is 18.4 Å². The normalized spacial score (nSPS) is 22.9. The van der Waals surface area contributed by atoms with Gasteiger partial charge in [0.25, 0.3) is 0 Å². The lowest BCUT2D eigenvalue weighted by Gasteiger charge is -2.22. The van der Waals surface area contributed by atoms with Gasteiger partial charge in [-0.15, -0.1) is 0 Å². The zero-order valence-corrected chi connectivity index (χ0v) is 12.7. The molecule has 2 aromatic rings. The Morgan fingerprint density at radius 3 is 2.95 bits per heavy atom. The highest BCUT2D eigenvalue weighted by Crippen LogP contribution is 2.23. The van der Waals surface area contributed by atoms with E-state index in [1.807, 2.05) is 24.4 Å². The average molecular weight is 284 g/mol. The van der Waals surface area contributed by atoms with Crippen molar-refractivity contribution in [2.75, 3.05) is 0 Å². The quantitative estimate of drug-likeness (QED) is 0.827. The largest absolute Gasteiger partial charge is 0.361 e. The fraction of sp³-hybridized carbons (Fsp3) is 0.500. The van der Waals surface area contributed by atoms with Crippen molar-refractivity contribution >= 4 is 16.8 Å². The smallest absolute Gasteiger partial charge is 0.224 e. The van der Waals surface area contributed by atoms with Crippen molar-refractivity contribution in [1.29, 1.82) is 0 Å². The number of H-pyrrole nitrogens is 1. The van der Waals surface area contributed by atoms with Crippen LogP contribution in [0.1, 0.15) is 44.6 Å². The molecule has 3 nitrogen and oxygen atoms in total. The lowest BCUT2D eigenvalue weighted by molar-refractivity contribution is -0.121. The minimum Gasteiger partial charge on any atom is -0.361 e. The summed E-state index contributed by atoms with van der Waals surface area (Å²) >= 11 is 0. The molecule has 0 spiro atoms. The zero-order chi connectivity index (χ0) is 14.7. The number of para-hydroxylation sites is 1. The Morgan fingerprint density at radius 1 is 1.24 bits per heavy atom. The van der Waals surface area contributed by atoms with Gasteiger partial charge in [-0.1, -0.05) is 44.4 Å². The van der Waals surface area contributed by atoms with Gasteiger partial charge in [0.15, 0.2) is 0 Å². The average Bonchev–Trinajstić information content (AvgIpc) is 2.77. The number of hydrogen-bond donors (Lipinski definition) is 2. The van der Waals surface area contributed by atoms with Crippen LogP contribution in [0.15, 0.2) is 30.5 Å². The van der Waals surface area contributed by atoms with Gasteiger partial charge in [-0.2, -0.15) is 0 Å². The lowest BCUT2D eigenvalue weighted by Crippen LogP contribution is -2.39. The van der Waals surface area contributed by atoms with Crippen molar-refractivity contribution in [2.45, 2.75) is 51.5 Å². The first-order valence-electron chi connectivity index (χ1n) is 8.08. The summed E-state index contributed by atoms with van der Waals surface area (Å²) in [7, 11) is 0. The molecule has 1 fully saturated rings. The number of benzene rings is 1. The molecule has 21 heavy (non-hydrogen) atoms. The van der Waals surface area contributed by atoms with Crippen molar-refractivity contribution in [1.82, 2.24) is 10.3 Å². The number of carbonyl (C=O) groups is 1. The van der Waals surface area contributed by atoms with E-state index in [1.165, 1.54) is 25.7 Å². The van der Waals surface area contributed by atoms with Crippen LogP contribution in [0.4, 0.5) is 0 Å². The van der Waals surface area contributed by atoms with Crippen LogP contribution in [-0.2, 0) is 11.2 Å². The molecule has 1 heterocycles. The minimum atomic E-state index is 0.151. The Labute approximate surface area is 126 Å². The molecule has 112 valence electrons. The molecule has 2 atom stereocenters. The van der Waals surface area contributed by atoms with Crippen LogP contribution in [0.3, 0.4) is 0 Å². The molecule has 0 saturated heterocycles. The molecule has 3 heteroatoms. The van der Waals surface area contributed by atoms with E-state index in [9.17, 15) is 4.79 Å². The molecule has 0 aliphatic heterocycles. The summed E-state index contributed by atoms with van der Waals surface area (Å²) in [6, 6.07) is 8.50. The highest BCUT2D eigenvalue weighted by Gasteiger charge is 2.21. The third-order valence-electron chi connectivity index (χ3n) is 4.73. The second-order valence-electron chi connectivity index (χ2n) is 6.33. The summed E-state index contributed by atoms with van der Waals surface area (Å²) in [4.78, 5) is 15.6. The van der Waals surface area contributed by atoms with Crippen molar-refractivity contribution in [3.8, 4) is 0 Å². The van der Waals surface area contributed by atoms with Crippen LogP contribution in [0.25, 0.3) is 10.9 Å². The molecule has 2 unspecified atom stereocenters. The van der Waals surface area contributed by atoms with Gasteiger partial charge in [0.05, 0.1) is 6.42 Å². The molecule has 1 amide bonds. The molecule has 0 radical (unpaired) electrons. The van der Waals surface area contributed by atoms with Gasteiger partial charge in [0.2, 0.25) is 5.91 Å². The van der Waals surface area contributed by atoms with Gasteiger partial charge in [0, 0.05) is 23.1 Å². The van der Waals surface area contributed by atoms with Crippen LogP contribution >= 0.6 is 0 Å². The zero-order valence-electron chi connectivity index (χ0n) is 12.7. The van der Waals surface area contributed by atoms with Crippen LogP contribution < -0.4 is 5.32 Å². The first kappa shape index (κ1) is 14.2. The standard InChI is InChI=1S/C18H24N2O/c1-13-7-3-2-4-9-16(13)20-18(21)11-14-12-19-17-10-6-5-8-15(14)17/h5-6,8,10,12-13,16,19H,2-4,7,9,11H2,1H3,(H,20,21). The van der Waals surface area contributed by atoms with Gasteiger partial charge in [-0.25, -0.2) is 0 Å². The topological polar surface area (TPSA) is 44.9 Å². The van der Waals surface area contributed by atoms with E-state index in [0.717, 1.165) is 22.9 Å². The number of aromatic nitrogens is 1. The Kier molecular flexibility index (Phi) is 4.28. The maximum Gasteiger partial charge on any atom is 0.224 e. The Bertz CT molecular complexity index is 616. The Balaban J connectivity index is 1.66. The maximum atomic E-state index is 12.4. The predicted molar refractivity (Wildman–Crippen MR) is 86.2 cm³/mol. The van der Waals surface area contributed by atoms with E-state index < -0.39 is 0 Å².